The van der Waals surface area contributed by atoms with Crippen LogP contribution in [-0.4, -0.2) is 24.6 Å². The fourth-order valence-corrected chi connectivity index (χ4v) is 1.46. The summed E-state index contributed by atoms with van der Waals surface area (Å²) >= 11 is 5.88. The molecule has 0 saturated heterocycles. The third kappa shape index (κ3) is 5.37. The first kappa shape index (κ1) is 11.1. The molecule has 1 saturated carbocycles. The zero-order valence-corrected chi connectivity index (χ0v) is 7.96. The molecule has 5 heteroatoms. The Kier molecular flexibility index (Phi) is 3.86. The Labute approximate surface area is 80.6 Å². The van der Waals surface area contributed by atoms with Crippen molar-refractivity contribution in [2.75, 3.05) is 13.1 Å². The van der Waals surface area contributed by atoms with E-state index >= 15 is 0 Å². The molecule has 1 atom stereocenters. The summed E-state index contributed by atoms with van der Waals surface area (Å²) in [6, 6.07) is 0. The molecule has 0 aromatic carbocycles. The summed E-state index contributed by atoms with van der Waals surface area (Å²) in [5.74, 6) is 0.528. The van der Waals surface area contributed by atoms with Crippen LogP contribution in [0.5, 0.6) is 0 Å². The molecule has 0 spiro atoms. The summed E-state index contributed by atoms with van der Waals surface area (Å²) in [4.78, 5) is 0. The van der Waals surface area contributed by atoms with Crippen molar-refractivity contribution in [3.63, 3.8) is 0 Å². The Morgan fingerprint density at radius 2 is 2.00 bits per heavy atom. The molecule has 78 valence electrons. The van der Waals surface area contributed by atoms with Gasteiger partial charge < -0.3 is 5.32 Å². The van der Waals surface area contributed by atoms with E-state index in [0.717, 1.165) is 12.8 Å². The van der Waals surface area contributed by atoms with Crippen molar-refractivity contribution in [3.05, 3.63) is 0 Å². The van der Waals surface area contributed by atoms with Crippen LogP contribution in [0.25, 0.3) is 0 Å². The standard InChI is InChI=1S/C8H13ClF3N/c9-7(6-1-2-6)5-13-4-3-8(10,11)12/h6-7,13H,1-5H2. The third-order valence-electron chi connectivity index (χ3n) is 2.06. The van der Waals surface area contributed by atoms with Crippen LogP contribution in [0, 0.1) is 5.92 Å². The van der Waals surface area contributed by atoms with Gasteiger partial charge in [0.25, 0.3) is 0 Å². The first-order valence-electron chi connectivity index (χ1n) is 4.40. The molecule has 1 N–H and O–H groups in total. The predicted octanol–water partition coefficient (Wildman–Crippen LogP) is 2.55. The van der Waals surface area contributed by atoms with Crippen molar-refractivity contribution in [2.24, 2.45) is 5.92 Å². The monoisotopic (exact) mass is 215 g/mol. The second-order valence-electron chi connectivity index (χ2n) is 3.42. The second-order valence-corrected chi connectivity index (χ2v) is 3.98. The predicted molar refractivity (Wildman–Crippen MR) is 45.9 cm³/mol. The van der Waals surface area contributed by atoms with E-state index in [2.05, 4.69) is 5.32 Å². The number of hydrogen-bond donors (Lipinski definition) is 1. The normalized spacial score (nSPS) is 20.3. The van der Waals surface area contributed by atoms with Crippen molar-refractivity contribution in [1.82, 2.24) is 5.32 Å². The molecule has 0 aromatic heterocycles. The van der Waals surface area contributed by atoms with E-state index in [0.29, 0.717) is 12.5 Å². The van der Waals surface area contributed by atoms with Crippen LogP contribution in [0.2, 0.25) is 0 Å². The molecule has 0 amide bonds. The number of nitrogens with one attached hydrogen (secondary N) is 1. The molecule has 1 unspecified atom stereocenters. The summed E-state index contributed by atoms with van der Waals surface area (Å²) in [5, 5.41) is 2.72. The fraction of sp³-hybridized carbons (Fsp3) is 1.00. The first-order chi connectivity index (χ1) is 5.99. The minimum atomic E-state index is -4.06. The molecule has 0 heterocycles. The van der Waals surface area contributed by atoms with Gasteiger partial charge in [0.2, 0.25) is 0 Å². The SMILES string of the molecule is FC(F)(F)CCNCC(Cl)C1CC1. The molecule has 13 heavy (non-hydrogen) atoms. The molecule has 0 bridgehead atoms. The lowest BCUT2D eigenvalue weighted by Crippen LogP contribution is -2.28. The zero-order valence-electron chi connectivity index (χ0n) is 7.20. The molecular formula is C8H13ClF3N. The Morgan fingerprint density at radius 1 is 1.38 bits per heavy atom. The van der Waals surface area contributed by atoms with Gasteiger partial charge in [0.1, 0.15) is 0 Å². The van der Waals surface area contributed by atoms with Crippen molar-refractivity contribution >= 4 is 11.6 Å². The van der Waals surface area contributed by atoms with Crippen LogP contribution in [0.1, 0.15) is 19.3 Å². The topological polar surface area (TPSA) is 12.0 Å². The highest BCUT2D eigenvalue weighted by Gasteiger charge is 2.30. The van der Waals surface area contributed by atoms with Gasteiger partial charge in [-0.3, -0.25) is 0 Å². The highest BCUT2D eigenvalue weighted by Crippen LogP contribution is 2.35. The average molecular weight is 216 g/mol. The third-order valence-corrected chi connectivity index (χ3v) is 2.57. The first-order valence-corrected chi connectivity index (χ1v) is 4.84. The van der Waals surface area contributed by atoms with Crippen molar-refractivity contribution in [3.8, 4) is 0 Å². The minimum Gasteiger partial charge on any atom is -0.315 e. The van der Waals surface area contributed by atoms with Crippen molar-refractivity contribution in [2.45, 2.75) is 30.8 Å². The van der Waals surface area contributed by atoms with Gasteiger partial charge in [-0.15, -0.1) is 11.6 Å². The quantitative estimate of drug-likeness (QED) is 0.549. The van der Waals surface area contributed by atoms with Crippen LogP contribution in [0.3, 0.4) is 0 Å². The number of alkyl halides is 4. The smallest absolute Gasteiger partial charge is 0.315 e. The van der Waals surface area contributed by atoms with Crippen LogP contribution < -0.4 is 5.32 Å². The number of hydrogen-bond acceptors (Lipinski definition) is 1. The van der Waals surface area contributed by atoms with Gasteiger partial charge in [-0.2, -0.15) is 13.2 Å². The van der Waals surface area contributed by atoms with Crippen LogP contribution in [-0.2, 0) is 0 Å². The van der Waals surface area contributed by atoms with Gasteiger partial charge in [0.15, 0.2) is 0 Å². The Hall–Kier alpha value is 0.0400. The average Bonchev–Trinajstić information content (AvgIpc) is 2.77. The maximum Gasteiger partial charge on any atom is 0.390 e. The lowest BCUT2D eigenvalue weighted by molar-refractivity contribution is -0.133. The van der Waals surface area contributed by atoms with E-state index in [1.54, 1.807) is 0 Å². The summed E-state index contributed by atoms with van der Waals surface area (Å²) in [6.45, 7) is 0.460. The van der Waals surface area contributed by atoms with Gasteiger partial charge in [-0.1, -0.05) is 0 Å². The van der Waals surface area contributed by atoms with Crippen molar-refractivity contribution in [1.29, 1.82) is 0 Å². The van der Waals surface area contributed by atoms with Gasteiger partial charge in [0.05, 0.1) is 6.42 Å². The van der Waals surface area contributed by atoms with Crippen LogP contribution in [0.15, 0.2) is 0 Å². The summed E-state index contributed by atoms with van der Waals surface area (Å²) in [7, 11) is 0. The van der Waals surface area contributed by atoms with E-state index in [1.165, 1.54) is 0 Å². The lowest BCUT2D eigenvalue weighted by Gasteiger charge is -2.10. The summed E-state index contributed by atoms with van der Waals surface area (Å²) < 4.78 is 35.0. The largest absolute Gasteiger partial charge is 0.390 e. The zero-order chi connectivity index (χ0) is 9.90. The van der Waals surface area contributed by atoms with E-state index in [9.17, 15) is 13.2 Å². The molecule has 1 nitrogen and oxygen atoms in total. The maximum absolute atomic E-state index is 11.7. The van der Waals surface area contributed by atoms with Gasteiger partial charge >= 0.3 is 6.18 Å². The molecule has 1 fully saturated rings. The Morgan fingerprint density at radius 3 is 2.46 bits per heavy atom. The molecular weight excluding hydrogens is 203 g/mol. The molecule has 0 aromatic rings. The molecule has 0 radical (unpaired) electrons. The van der Waals surface area contributed by atoms with E-state index < -0.39 is 12.6 Å². The van der Waals surface area contributed by atoms with E-state index in [-0.39, 0.29) is 11.9 Å². The second kappa shape index (κ2) is 4.51. The van der Waals surface area contributed by atoms with Crippen LogP contribution in [0.4, 0.5) is 13.2 Å². The van der Waals surface area contributed by atoms with Crippen LogP contribution >= 0.6 is 11.6 Å². The van der Waals surface area contributed by atoms with E-state index in [4.69, 9.17) is 11.6 Å². The number of halogens is 4. The van der Waals surface area contributed by atoms with Gasteiger partial charge in [-0.25, -0.2) is 0 Å². The minimum absolute atomic E-state index is 0.00762. The molecule has 1 rings (SSSR count). The fourth-order valence-electron chi connectivity index (χ4n) is 1.09. The lowest BCUT2D eigenvalue weighted by atomic mass is 10.3. The molecule has 1 aliphatic rings. The highest BCUT2D eigenvalue weighted by atomic mass is 35.5. The maximum atomic E-state index is 11.7. The number of rotatable bonds is 5. The Balaban J connectivity index is 1.94. The molecule has 0 aliphatic heterocycles. The van der Waals surface area contributed by atoms with Gasteiger partial charge in [0, 0.05) is 18.5 Å². The highest BCUT2D eigenvalue weighted by molar-refractivity contribution is 6.21. The molecule has 1 aliphatic carbocycles. The Bertz CT molecular complexity index is 156. The van der Waals surface area contributed by atoms with Crippen molar-refractivity contribution < 1.29 is 13.2 Å². The summed E-state index contributed by atoms with van der Waals surface area (Å²) in [6.07, 6.45) is -2.60. The van der Waals surface area contributed by atoms with Gasteiger partial charge in [-0.05, 0) is 18.8 Å². The summed E-state index contributed by atoms with van der Waals surface area (Å²) in [5.41, 5.74) is 0. The van der Waals surface area contributed by atoms with E-state index in [1.807, 2.05) is 0 Å².